The van der Waals surface area contributed by atoms with Crippen LogP contribution in [0.4, 0.5) is 11.6 Å². The molecule has 4 aromatic rings. The molecule has 0 unspecified atom stereocenters. The summed E-state index contributed by atoms with van der Waals surface area (Å²) in [5.41, 5.74) is 2.69. The molecule has 0 saturated carbocycles. The summed E-state index contributed by atoms with van der Waals surface area (Å²) in [5, 5.41) is 14.5. The van der Waals surface area contributed by atoms with Crippen molar-refractivity contribution in [2.75, 3.05) is 5.32 Å². The topological polar surface area (TPSA) is 137 Å². The van der Waals surface area contributed by atoms with E-state index in [2.05, 4.69) is 40.8 Å². The predicted octanol–water partition coefficient (Wildman–Crippen LogP) is 4.15. The second kappa shape index (κ2) is 9.41. The van der Waals surface area contributed by atoms with Crippen LogP contribution in [0.5, 0.6) is 0 Å². The molecule has 12 heteroatoms. The summed E-state index contributed by atoms with van der Waals surface area (Å²) in [4.78, 5) is 29.8. The minimum absolute atomic E-state index is 0.0925. The summed E-state index contributed by atoms with van der Waals surface area (Å²) < 4.78 is 6.81. The maximum Gasteiger partial charge on any atom is 0.315 e. The molecule has 3 heterocycles. The van der Waals surface area contributed by atoms with Crippen molar-refractivity contribution in [3.05, 3.63) is 58.7 Å². The number of aromatic nitrogens is 7. The Morgan fingerprint density at radius 1 is 1.20 bits per heavy atom. The van der Waals surface area contributed by atoms with E-state index in [0.717, 1.165) is 22.4 Å². The number of hydrogen-bond donors (Lipinski definition) is 2. The van der Waals surface area contributed by atoms with E-state index in [0.29, 0.717) is 22.6 Å². The summed E-state index contributed by atoms with van der Waals surface area (Å²) in [7, 11) is 1.82. The number of benzene rings is 1. The highest BCUT2D eigenvalue weighted by molar-refractivity contribution is 6.32. The quantitative estimate of drug-likeness (QED) is 0.404. The van der Waals surface area contributed by atoms with Crippen molar-refractivity contribution in [1.82, 2.24) is 40.2 Å². The summed E-state index contributed by atoms with van der Waals surface area (Å²) in [6.45, 7) is 9.53. The van der Waals surface area contributed by atoms with Crippen LogP contribution in [0.3, 0.4) is 0 Å². The van der Waals surface area contributed by atoms with Gasteiger partial charge in [0.25, 0.3) is 0 Å². The Labute approximate surface area is 207 Å². The molecule has 0 fully saturated rings. The van der Waals surface area contributed by atoms with E-state index in [-0.39, 0.29) is 11.3 Å². The average molecular weight is 496 g/mol. The molecular formula is C23H26ClN9O2. The SMILES string of the molecule is Cc1c(-c2ncnc(Nc3cnn(C)c3)n2)ccc([C@H](C)NC(=O)c2nc(C(C)(C)C)no2)c1Cl. The lowest BCUT2D eigenvalue weighted by molar-refractivity contribution is 0.0895. The fourth-order valence-electron chi connectivity index (χ4n) is 3.34. The third-order valence-corrected chi connectivity index (χ3v) is 5.80. The second-order valence-electron chi connectivity index (χ2n) is 9.17. The molecule has 0 aliphatic heterocycles. The number of rotatable bonds is 6. The Balaban J connectivity index is 1.53. The molecule has 0 aliphatic carbocycles. The molecule has 0 aliphatic rings. The summed E-state index contributed by atoms with van der Waals surface area (Å²) in [5.74, 6) is 0.752. The standard InChI is InChI=1S/C23H26ClN9O2/c1-12-15(18-25-11-26-22(30-18)29-14-9-27-33(6)10-14)7-8-16(17(12)24)13(2)28-19(34)20-31-21(32-35-20)23(3,4)5/h7-11,13H,1-6H3,(H,28,34)(H,25,26,29,30)/t13-/m0/s1. The maximum absolute atomic E-state index is 12.7. The third-order valence-electron chi connectivity index (χ3n) is 5.30. The molecule has 1 aromatic carbocycles. The zero-order valence-electron chi connectivity index (χ0n) is 20.3. The van der Waals surface area contributed by atoms with Crippen molar-refractivity contribution in [2.45, 2.75) is 46.1 Å². The molecule has 3 aromatic heterocycles. The smallest absolute Gasteiger partial charge is 0.315 e. The molecule has 1 atom stereocenters. The van der Waals surface area contributed by atoms with Gasteiger partial charge in [0.2, 0.25) is 5.95 Å². The van der Waals surface area contributed by atoms with Crippen LogP contribution in [0.1, 0.15) is 61.4 Å². The third kappa shape index (κ3) is 5.29. The van der Waals surface area contributed by atoms with E-state index in [4.69, 9.17) is 16.1 Å². The van der Waals surface area contributed by atoms with Gasteiger partial charge in [-0.15, -0.1) is 0 Å². The monoisotopic (exact) mass is 495 g/mol. The molecule has 1 amide bonds. The summed E-state index contributed by atoms with van der Waals surface area (Å²) in [6.07, 6.45) is 4.92. The Kier molecular flexibility index (Phi) is 6.53. The first kappa shape index (κ1) is 24.3. The Bertz CT molecular complexity index is 1370. The molecule has 11 nitrogen and oxygen atoms in total. The van der Waals surface area contributed by atoms with Gasteiger partial charge >= 0.3 is 11.8 Å². The van der Waals surface area contributed by atoms with Crippen molar-refractivity contribution in [1.29, 1.82) is 0 Å². The molecule has 0 spiro atoms. The van der Waals surface area contributed by atoms with Gasteiger partial charge in [0.1, 0.15) is 6.33 Å². The number of anilines is 2. The predicted molar refractivity (Wildman–Crippen MR) is 130 cm³/mol. The van der Waals surface area contributed by atoms with Gasteiger partial charge in [0.15, 0.2) is 11.6 Å². The van der Waals surface area contributed by atoms with E-state index in [1.165, 1.54) is 6.33 Å². The number of nitrogens with zero attached hydrogens (tertiary/aromatic N) is 7. The van der Waals surface area contributed by atoms with Gasteiger partial charge < -0.3 is 15.2 Å². The van der Waals surface area contributed by atoms with Crippen LogP contribution in [-0.2, 0) is 12.5 Å². The largest absolute Gasteiger partial charge is 0.341 e. The molecule has 4 rings (SSSR count). The zero-order chi connectivity index (χ0) is 25.3. The molecule has 35 heavy (non-hydrogen) atoms. The first-order valence-electron chi connectivity index (χ1n) is 10.9. The van der Waals surface area contributed by atoms with Crippen LogP contribution in [0.2, 0.25) is 5.02 Å². The lowest BCUT2D eigenvalue weighted by Gasteiger charge is -2.17. The number of carbonyl (C=O) groups is 1. The van der Waals surface area contributed by atoms with Crippen LogP contribution in [0.25, 0.3) is 11.4 Å². The van der Waals surface area contributed by atoms with Crippen molar-refractivity contribution in [3.8, 4) is 11.4 Å². The number of nitrogens with one attached hydrogen (secondary N) is 2. The fraction of sp³-hybridized carbons (Fsp3) is 0.348. The molecule has 0 radical (unpaired) electrons. The Morgan fingerprint density at radius 2 is 1.97 bits per heavy atom. The number of carbonyl (C=O) groups excluding carboxylic acids is 1. The van der Waals surface area contributed by atoms with Crippen LogP contribution >= 0.6 is 11.6 Å². The van der Waals surface area contributed by atoms with Gasteiger partial charge in [-0.2, -0.15) is 15.1 Å². The van der Waals surface area contributed by atoms with Crippen molar-refractivity contribution < 1.29 is 9.32 Å². The minimum Gasteiger partial charge on any atom is -0.341 e. The van der Waals surface area contributed by atoms with Crippen molar-refractivity contribution in [3.63, 3.8) is 0 Å². The number of amides is 1. The van der Waals surface area contributed by atoms with Crippen molar-refractivity contribution in [2.24, 2.45) is 7.05 Å². The number of hydrogen-bond acceptors (Lipinski definition) is 9. The van der Waals surface area contributed by atoms with Gasteiger partial charge in [-0.25, -0.2) is 9.97 Å². The fourth-order valence-corrected chi connectivity index (χ4v) is 3.67. The summed E-state index contributed by atoms with van der Waals surface area (Å²) in [6, 6.07) is 3.29. The van der Waals surface area contributed by atoms with Crippen LogP contribution in [0, 0.1) is 6.92 Å². The van der Waals surface area contributed by atoms with E-state index in [1.807, 2.05) is 60.0 Å². The summed E-state index contributed by atoms with van der Waals surface area (Å²) >= 11 is 6.71. The minimum atomic E-state index is -0.470. The normalized spacial score (nSPS) is 12.4. The Hall–Kier alpha value is -3.86. The van der Waals surface area contributed by atoms with Crippen LogP contribution < -0.4 is 10.6 Å². The van der Waals surface area contributed by atoms with Crippen LogP contribution in [0.15, 0.2) is 35.4 Å². The Morgan fingerprint density at radius 3 is 2.63 bits per heavy atom. The zero-order valence-corrected chi connectivity index (χ0v) is 21.0. The molecule has 0 bridgehead atoms. The van der Waals surface area contributed by atoms with Gasteiger partial charge in [0.05, 0.1) is 17.9 Å². The lowest BCUT2D eigenvalue weighted by Crippen LogP contribution is -2.27. The average Bonchev–Trinajstić information content (AvgIpc) is 3.45. The molecule has 182 valence electrons. The van der Waals surface area contributed by atoms with Gasteiger partial charge in [-0.05, 0) is 25.0 Å². The lowest BCUT2D eigenvalue weighted by atomic mass is 9.96. The molecular weight excluding hydrogens is 470 g/mol. The highest BCUT2D eigenvalue weighted by Crippen LogP contribution is 2.33. The number of halogens is 1. The van der Waals surface area contributed by atoms with Crippen LogP contribution in [-0.4, -0.2) is 40.8 Å². The highest BCUT2D eigenvalue weighted by atomic mass is 35.5. The second-order valence-corrected chi connectivity index (χ2v) is 9.55. The highest BCUT2D eigenvalue weighted by Gasteiger charge is 2.25. The maximum atomic E-state index is 12.7. The van der Waals surface area contributed by atoms with Crippen molar-refractivity contribution >= 4 is 29.1 Å². The van der Waals surface area contributed by atoms with E-state index in [9.17, 15) is 4.79 Å². The van der Waals surface area contributed by atoms with Gasteiger partial charge in [-0.3, -0.25) is 9.48 Å². The van der Waals surface area contributed by atoms with E-state index >= 15 is 0 Å². The number of aryl methyl sites for hydroxylation is 1. The van der Waals surface area contributed by atoms with Gasteiger partial charge in [-0.1, -0.05) is 49.7 Å². The van der Waals surface area contributed by atoms with E-state index < -0.39 is 11.9 Å². The van der Waals surface area contributed by atoms with Gasteiger partial charge in [0, 0.05) is 29.2 Å². The first-order valence-corrected chi connectivity index (χ1v) is 11.3. The first-order chi connectivity index (χ1) is 16.5. The molecule has 2 N–H and O–H groups in total. The molecule has 0 saturated heterocycles. The van der Waals surface area contributed by atoms with E-state index in [1.54, 1.807) is 10.9 Å².